The Morgan fingerprint density at radius 1 is 1.26 bits per heavy atom. The van der Waals surface area contributed by atoms with Gasteiger partial charge in [0.15, 0.2) is 6.17 Å². The second-order valence-electron chi connectivity index (χ2n) is 4.97. The molecule has 1 aliphatic rings. The van der Waals surface area contributed by atoms with Crippen LogP contribution in [-0.4, -0.2) is 22.3 Å². The van der Waals surface area contributed by atoms with Gasteiger partial charge in [-0.25, -0.2) is 8.78 Å². The average Bonchev–Trinajstić information content (AvgIpc) is 2.69. The highest BCUT2D eigenvalue weighted by molar-refractivity contribution is 7.98. The molecule has 23 heavy (non-hydrogen) atoms. The van der Waals surface area contributed by atoms with E-state index in [9.17, 15) is 22.7 Å². The second-order valence-corrected chi connectivity index (χ2v) is 5.82. The average molecular weight is 345 g/mol. The van der Waals surface area contributed by atoms with Crippen LogP contribution >= 0.6 is 11.8 Å². The van der Waals surface area contributed by atoms with E-state index in [4.69, 9.17) is 4.74 Å². The number of aromatic nitrogens is 1. The van der Waals surface area contributed by atoms with E-state index < -0.39 is 29.6 Å². The third kappa shape index (κ3) is 2.55. The number of aliphatic hydroxyl groups is 1. The summed E-state index contributed by atoms with van der Waals surface area (Å²) < 4.78 is 60.4. The van der Waals surface area contributed by atoms with Crippen LogP contribution in [0.5, 0.6) is 11.5 Å². The normalized spacial score (nSPS) is 22.0. The molecular formula is C15H11F4NO2S. The van der Waals surface area contributed by atoms with Crippen molar-refractivity contribution < 1.29 is 27.4 Å². The second kappa shape index (κ2) is 5.68. The van der Waals surface area contributed by atoms with Crippen molar-refractivity contribution in [2.45, 2.75) is 23.1 Å². The molecule has 1 heterocycles. The zero-order chi connectivity index (χ0) is 16.8. The Labute approximate surface area is 133 Å². The smallest absolute Gasteiger partial charge is 0.312 e. The minimum Gasteiger partial charge on any atom is -0.455 e. The largest absolute Gasteiger partial charge is 0.455 e. The first-order valence-electron chi connectivity index (χ1n) is 6.55. The summed E-state index contributed by atoms with van der Waals surface area (Å²) in [6.07, 6.45) is -1.22. The molecule has 1 aliphatic carbocycles. The first-order valence-corrected chi connectivity index (χ1v) is 7.78. The fourth-order valence-electron chi connectivity index (χ4n) is 2.51. The van der Waals surface area contributed by atoms with Gasteiger partial charge in [0.1, 0.15) is 23.4 Å². The number of aliphatic hydroxyl groups excluding tert-OH is 1. The molecule has 0 bridgehead atoms. The number of hydrogen-bond donors (Lipinski definition) is 1. The Hall–Kier alpha value is -1.80. The van der Waals surface area contributed by atoms with Gasteiger partial charge < -0.3 is 9.84 Å². The zero-order valence-electron chi connectivity index (χ0n) is 11.8. The standard InChI is InChI=1S/C15H11F4NO2S/c1-23-10-3-2-9(22-8-4-7(16)5-20-6-8)11-12(10)14(21)15(18,19)13(11)17/h2-6,13-14,21H,1H3. The van der Waals surface area contributed by atoms with Gasteiger partial charge in [-0.2, -0.15) is 8.78 Å². The van der Waals surface area contributed by atoms with Crippen molar-refractivity contribution in [3.8, 4) is 11.5 Å². The number of benzene rings is 1. The van der Waals surface area contributed by atoms with Crippen LogP contribution in [0, 0.1) is 5.82 Å². The van der Waals surface area contributed by atoms with Gasteiger partial charge in [0.05, 0.1) is 12.4 Å². The molecule has 2 atom stereocenters. The monoisotopic (exact) mass is 345 g/mol. The third-order valence-corrected chi connectivity index (χ3v) is 4.36. The minimum absolute atomic E-state index is 0.0546. The molecule has 0 spiro atoms. The summed E-state index contributed by atoms with van der Waals surface area (Å²) in [6, 6.07) is 3.76. The lowest BCUT2D eigenvalue weighted by Gasteiger charge is -2.16. The minimum atomic E-state index is -3.95. The summed E-state index contributed by atoms with van der Waals surface area (Å²) >= 11 is 1.11. The molecular weight excluding hydrogens is 334 g/mol. The highest BCUT2D eigenvalue weighted by atomic mass is 32.2. The lowest BCUT2D eigenvalue weighted by molar-refractivity contribution is -0.143. The van der Waals surface area contributed by atoms with Crippen molar-refractivity contribution in [3.63, 3.8) is 0 Å². The van der Waals surface area contributed by atoms with Gasteiger partial charge in [0, 0.05) is 22.1 Å². The predicted octanol–water partition coefficient (Wildman–Crippen LogP) is 4.43. The lowest BCUT2D eigenvalue weighted by Crippen LogP contribution is -2.24. The van der Waals surface area contributed by atoms with Gasteiger partial charge in [-0.1, -0.05) is 0 Å². The third-order valence-electron chi connectivity index (χ3n) is 3.56. The number of fused-ring (bicyclic) bond motifs is 1. The number of ether oxygens (including phenoxy) is 1. The fourth-order valence-corrected chi connectivity index (χ4v) is 3.15. The van der Waals surface area contributed by atoms with E-state index in [0.29, 0.717) is 4.90 Å². The molecule has 1 N–H and O–H groups in total. The van der Waals surface area contributed by atoms with Gasteiger partial charge in [-0.3, -0.25) is 4.98 Å². The number of thioether (sulfide) groups is 1. The number of hydrogen-bond acceptors (Lipinski definition) is 4. The van der Waals surface area contributed by atoms with Crippen LogP contribution in [0.4, 0.5) is 17.6 Å². The summed E-state index contributed by atoms with van der Waals surface area (Å²) in [5, 5.41) is 9.79. The highest BCUT2D eigenvalue weighted by Crippen LogP contribution is 2.57. The maximum Gasteiger partial charge on any atom is 0.312 e. The van der Waals surface area contributed by atoms with Crippen molar-refractivity contribution in [1.29, 1.82) is 0 Å². The summed E-state index contributed by atoms with van der Waals surface area (Å²) in [5.41, 5.74) is -0.615. The quantitative estimate of drug-likeness (QED) is 0.660. The Morgan fingerprint density at radius 2 is 2.00 bits per heavy atom. The maximum absolute atomic E-state index is 14.2. The Bertz CT molecular complexity index is 756. The van der Waals surface area contributed by atoms with E-state index >= 15 is 0 Å². The summed E-state index contributed by atoms with van der Waals surface area (Å²) in [7, 11) is 0. The molecule has 8 heteroatoms. The summed E-state index contributed by atoms with van der Waals surface area (Å²) in [5.74, 6) is -4.89. The van der Waals surface area contributed by atoms with Crippen LogP contribution in [0.25, 0.3) is 0 Å². The van der Waals surface area contributed by atoms with E-state index in [2.05, 4.69) is 4.98 Å². The first-order chi connectivity index (χ1) is 10.9. The number of halogens is 4. The molecule has 122 valence electrons. The van der Waals surface area contributed by atoms with Crippen molar-refractivity contribution in [2.75, 3.05) is 6.26 Å². The molecule has 0 amide bonds. The van der Waals surface area contributed by atoms with Gasteiger partial charge >= 0.3 is 5.92 Å². The van der Waals surface area contributed by atoms with Crippen LogP contribution in [0.1, 0.15) is 23.4 Å². The maximum atomic E-state index is 14.2. The molecule has 0 saturated heterocycles. The molecule has 2 aromatic rings. The van der Waals surface area contributed by atoms with Crippen LogP contribution < -0.4 is 4.74 Å². The van der Waals surface area contributed by atoms with Crippen molar-refractivity contribution in [3.05, 3.63) is 47.5 Å². The topological polar surface area (TPSA) is 42.4 Å². The van der Waals surface area contributed by atoms with E-state index in [-0.39, 0.29) is 17.1 Å². The van der Waals surface area contributed by atoms with Crippen molar-refractivity contribution >= 4 is 11.8 Å². The molecule has 3 rings (SSSR count). The number of rotatable bonds is 3. The van der Waals surface area contributed by atoms with E-state index in [1.54, 1.807) is 6.26 Å². The molecule has 0 aliphatic heterocycles. The van der Waals surface area contributed by atoms with Crippen LogP contribution in [0.15, 0.2) is 35.5 Å². The molecule has 3 nitrogen and oxygen atoms in total. The molecule has 0 radical (unpaired) electrons. The van der Waals surface area contributed by atoms with Gasteiger partial charge in [0.2, 0.25) is 0 Å². The van der Waals surface area contributed by atoms with Crippen LogP contribution in [0.3, 0.4) is 0 Å². The number of nitrogens with zero attached hydrogens (tertiary/aromatic N) is 1. The van der Waals surface area contributed by atoms with Crippen LogP contribution in [0.2, 0.25) is 0 Å². The SMILES string of the molecule is CSc1ccc(Oc2cncc(F)c2)c2c1C(O)C(F)(F)C2F. The van der Waals surface area contributed by atoms with Crippen LogP contribution in [-0.2, 0) is 0 Å². The van der Waals surface area contributed by atoms with Gasteiger partial charge in [-0.15, -0.1) is 11.8 Å². The summed E-state index contributed by atoms with van der Waals surface area (Å²) in [6.45, 7) is 0. The molecule has 1 aromatic carbocycles. The lowest BCUT2D eigenvalue weighted by atomic mass is 10.1. The van der Waals surface area contributed by atoms with Crippen molar-refractivity contribution in [1.82, 2.24) is 4.98 Å². The van der Waals surface area contributed by atoms with Gasteiger partial charge in [0.25, 0.3) is 0 Å². The van der Waals surface area contributed by atoms with Gasteiger partial charge in [-0.05, 0) is 18.4 Å². The fraction of sp³-hybridized carbons (Fsp3) is 0.267. The van der Waals surface area contributed by atoms with E-state index in [0.717, 1.165) is 24.0 Å². The molecule has 2 unspecified atom stereocenters. The van der Waals surface area contributed by atoms with E-state index in [1.165, 1.54) is 18.3 Å². The highest BCUT2D eigenvalue weighted by Gasteiger charge is 2.58. The predicted molar refractivity (Wildman–Crippen MR) is 76.2 cm³/mol. The Kier molecular flexibility index (Phi) is 3.97. The molecule has 1 aromatic heterocycles. The number of alkyl halides is 3. The van der Waals surface area contributed by atoms with Crippen molar-refractivity contribution in [2.24, 2.45) is 0 Å². The Morgan fingerprint density at radius 3 is 2.65 bits per heavy atom. The molecule has 0 saturated carbocycles. The first kappa shape index (κ1) is 16.1. The molecule has 0 fully saturated rings. The zero-order valence-corrected chi connectivity index (χ0v) is 12.6. The van der Waals surface area contributed by atoms with E-state index in [1.807, 2.05) is 0 Å². The Balaban J connectivity index is 2.11. The summed E-state index contributed by atoms with van der Waals surface area (Å²) in [4.78, 5) is 3.91. The number of pyridine rings is 1.